The Kier molecular flexibility index (Phi) is 5.92. The maximum atomic E-state index is 12.7. The minimum atomic E-state index is -3.01. The number of likely N-dealkylation sites (N-methyl/N-ethyl adjacent to an activating group) is 2. The number of para-hydroxylation sites is 1. The summed E-state index contributed by atoms with van der Waals surface area (Å²) in [6.45, 7) is 5.21. The van der Waals surface area contributed by atoms with Gasteiger partial charge in [-0.15, -0.1) is 0 Å². The van der Waals surface area contributed by atoms with Crippen LogP contribution in [0.1, 0.15) is 20.3 Å². The Labute approximate surface area is 143 Å². The van der Waals surface area contributed by atoms with Crippen molar-refractivity contribution in [3.05, 3.63) is 29.3 Å². The van der Waals surface area contributed by atoms with E-state index in [0.717, 1.165) is 5.69 Å². The molecule has 7 heteroatoms. The van der Waals surface area contributed by atoms with Crippen molar-refractivity contribution in [1.29, 1.82) is 0 Å². The van der Waals surface area contributed by atoms with Gasteiger partial charge in [-0.25, -0.2) is 8.42 Å². The highest BCUT2D eigenvalue weighted by molar-refractivity contribution is 7.91. The molecule has 5 nitrogen and oxygen atoms in total. The van der Waals surface area contributed by atoms with Crippen LogP contribution in [-0.4, -0.2) is 56.4 Å². The van der Waals surface area contributed by atoms with Crippen LogP contribution in [0.5, 0.6) is 0 Å². The van der Waals surface area contributed by atoms with Crippen molar-refractivity contribution in [2.75, 3.05) is 36.0 Å². The highest BCUT2D eigenvalue weighted by Gasteiger charge is 2.34. The Morgan fingerprint density at radius 2 is 1.96 bits per heavy atom. The minimum absolute atomic E-state index is 0.0589. The summed E-state index contributed by atoms with van der Waals surface area (Å²) in [6.07, 6.45) is 0.528. The Morgan fingerprint density at radius 1 is 1.26 bits per heavy atom. The fraction of sp³-hybridized carbons (Fsp3) is 0.562. The third-order valence-corrected chi connectivity index (χ3v) is 6.28. The standard InChI is InChI=1S/C16H23ClN2O3S/c1-3-18(15-8-6-5-7-14(15)17)11-16(20)19(4-2)13-9-10-23(21,22)12-13/h5-8,13H,3-4,9-12H2,1-2H3/t13-/m1/s1. The van der Waals surface area contributed by atoms with Crippen LogP contribution >= 0.6 is 11.6 Å². The molecule has 0 unspecified atom stereocenters. The van der Waals surface area contributed by atoms with Crippen molar-refractivity contribution in [1.82, 2.24) is 4.90 Å². The summed E-state index contributed by atoms with van der Waals surface area (Å²) in [5, 5.41) is 0.605. The van der Waals surface area contributed by atoms with Crippen LogP contribution in [0.25, 0.3) is 0 Å². The smallest absolute Gasteiger partial charge is 0.242 e. The van der Waals surface area contributed by atoms with Gasteiger partial charge < -0.3 is 9.80 Å². The zero-order chi connectivity index (χ0) is 17.0. The zero-order valence-corrected chi connectivity index (χ0v) is 15.1. The topological polar surface area (TPSA) is 57.7 Å². The van der Waals surface area contributed by atoms with Crippen LogP contribution in [0.2, 0.25) is 5.02 Å². The van der Waals surface area contributed by atoms with Gasteiger partial charge in [-0.3, -0.25) is 4.79 Å². The number of rotatable bonds is 6. The van der Waals surface area contributed by atoms with E-state index in [4.69, 9.17) is 11.6 Å². The van der Waals surface area contributed by atoms with E-state index in [2.05, 4.69) is 0 Å². The lowest BCUT2D eigenvalue weighted by Crippen LogP contribution is -2.46. The molecule has 0 spiro atoms. The molecule has 1 aromatic rings. The number of anilines is 1. The molecule has 1 aliphatic heterocycles. The van der Waals surface area contributed by atoms with Crippen LogP contribution < -0.4 is 4.90 Å². The van der Waals surface area contributed by atoms with Gasteiger partial charge in [0, 0.05) is 19.1 Å². The highest BCUT2D eigenvalue weighted by Crippen LogP contribution is 2.25. The van der Waals surface area contributed by atoms with Crippen LogP contribution in [0.3, 0.4) is 0 Å². The molecular formula is C16H23ClN2O3S. The van der Waals surface area contributed by atoms with E-state index in [1.807, 2.05) is 36.9 Å². The number of hydrogen-bond acceptors (Lipinski definition) is 4. The number of nitrogens with zero attached hydrogens (tertiary/aromatic N) is 2. The van der Waals surface area contributed by atoms with E-state index < -0.39 is 9.84 Å². The lowest BCUT2D eigenvalue weighted by Gasteiger charge is -2.31. The summed E-state index contributed by atoms with van der Waals surface area (Å²) in [4.78, 5) is 16.3. The predicted molar refractivity (Wildman–Crippen MR) is 93.8 cm³/mol. The van der Waals surface area contributed by atoms with Crippen LogP contribution in [0, 0.1) is 0 Å². The fourth-order valence-electron chi connectivity index (χ4n) is 2.99. The van der Waals surface area contributed by atoms with Gasteiger partial charge >= 0.3 is 0 Å². The number of halogens is 1. The molecule has 1 atom stereocenters. The molecular weight excluding hydrogens is 336 g/mol. The predicted octanol–water partition coefficient (Wildman–Crippen LogP) is 2.20. The van der Waals surface area contributed by atoms with E-state index in [-0.39, 0.29) is 30.0 Å². The Hall–Kier alpha value is -1.27. The monoisotopic (exact) mass is 358 g/mol. The molecule has 2 rings (SSSR count). The number of amides is 1. The molecule has 1 fully saturated rings. The van der Waals surface area contributed by atoms with Crippen molar-refractivity contribution in [2.24, 2.45) is 0 Å². The molecule has 1 heterocycles. The molecule has 1 aliphatic rings. The average Bonchev–Trinajstić information content (AvgIpc) is 2.86. The van der Waals surface area contributed by atoms with Crippen molar-refractivity contribution in [3.8, 4) is 0 Å². The fourth-order valence-corrected chi connectivity index (χ4v) is 4.97. The molecule has 1 amide bonds. The molecule has 0 aliphatic carbocycles. The summed E-state index contributed by atoms with van der Waals surface area (Å²) in [5.41, 5.74) is 0.820. The van der Waals surface area contributed by atoms with Crippen molar-refractivity contribution >= 4 is 33.0 Å². The second kappa shape index (κ2) is 7.53. The molecule has 128 valence electrons. The second-order valence-corrected chi connectivity index (χ2v) is 8.34. The van der Waals surface area contributed by atoms with Gasteiger partial charge in [-0.2, -0.15) is 0 Å². The van der Waals surface area contributed by atoms with Gasteiger partial charge in [0.15, 0.2) is 9.84 Å². The van der Waals surface area contributed by atoms with E-state index in [1.165, 1.54) is 0 Å². The molecule has 0 radical (unpaired) electrons. The van der Waals surface area contributed by atoms with Gasteiger partial charge in [-0.05, 0) is 32.4 Å². The SMILES string of the molecule is CCN(CC(=O)N(CC)[C@@H]1CCS(=O)(=O)C1)c1ccccc1Cl. The van der Waals surface area contributed by atoms with Crippen molar-refractivity contribution < 1.29 is 13.2 Å². The molecule has 0 saturated carbocycles. The van der Waals surface area contributed by atoms with Crippen molar-refractivity contribution in [2.45, 2.75) is 26.3 Å². The summed E-state index contributed by atoms with van der Waals surface area (Å²) < 4.78 is 23.3. The Bertz CT molecular complexity index is 663. The van der Waals surface area contributed by atoms with E-state index in [9.17, 15) is 13.2 Å². The van der Waals surface area contributed by atoms with Gasteiger partial charge in [0.05, 0.1) is 28.8 Å². The maximum Gasteiger partial charge on any atom is 0.242 e. The first-order valence-corrected chi connectivity index (χ1v) is 10.1. The van der Waals surface area contributed by atoms with Gasteiger partial charge in [0.25, 0.3) is 0 Å². The quantitative estimate of drug-likeness (QED) is 0.782. The highest BCUT2D eigenvalue weighted by atomic mass is 35.5. The Balaban J connectivity index is 2.10. The van der Waals surface area contributed by atoms with E-state index in [1.54, 1.807) is 11.0 Å². The lowest BCUT2D eigenvalue weighted by atomic mass is 10.2. The average molecular weight is 359 g/mol. The largest absolute Gasteiger partial charge is 0.361 e. The van der Waals surface area contributed by atoms with E-state index >= 15 is 0 Å². The maximum absolute atomic E-state index is 12.7. The van der Waals surface area contributed by atoms with E-state index in [0.29, 0.717) is 24.5 Å². The van der Waals surface area contributed by atoms with Gasteiger partial charge in [-0.1, -0.05) is 23.7 Å². The third kappa shape index (κ3) is 4.38. The number of carbonyl (C=O) groups is 1. The molecule has 1 aromatic carbocycles. The number of carbonyl (C=O) groups excluding carboxylic acids is 1. The first kappa shape index (κ1) is 18.1. The summed E-state index contributed by atoms with van der Waals surface area (Å²) >= 11 is 6.21. The van der Waals surface area contributed by atoms with Crippen LogP contribution in [0.4, 0.5) is 5.69 Å². The number of hydrogen-bond donors (Lipinski definition) is 0. The normalized spacial score (nSPS) is 19.5. The minimum Gasteiger partial charge on any atom is -0.361 e. The van der Waals surface area contributed by atoms with Crippen molar-refractivity contribution in [3.63, 3.8) is 0 Å². The van der Waals surface area contributed by atoms with Crippen LogP contribution in [-0.2, 0) is 14.6 Å². The third-order valence-electron chi connectivity index (χ3n) is 4.21. The Morgan fingerprint density at radius 3 is 2.48 bits per heavy atom. The number of sulfone groups is 1. The summed E-state index contributed by atoms with van der Waals surface area (Å²) in [6, 6.07) is 7.21. The molecule has 0 aromatic heterocycles. The first-order chi connectivity index (χ1) is 10.9. The molecule has 1 saturated heterocycles. The zero-order valence-electron chi connectivity index (χ0n) is 13.5. The lowest BCUT2D eigenvalue weighted by molar-refractivity contribution is -0.131. The van der Waals surface area contributed by atoms with Crippen LogP contribution in [0.15, 0.2) is 24.3 Å². The number of benzene rings is 1. The van der Waals surface area contributed by atoms with Gasteiger partial charge in [0.1, 0.15) is 0 Å². The summed E-state index contributed by atoms with van der Waals surface area (Å²) in [7, 11) is -3.01. The first-order valence-electron chi connectivity index (χ1n) is 7.87. The molecule has 0 N–H and O–H groups in total. The second-order valence-electron chi connectivity index (χ2n) is 5.70. The molecule has 23 heavy (non-hydrogen) atoms. The van der Waals surface area contributed by atoms with Gasteiger partial charge in [0.2, 0.25) is 5.91 Å². The molecule has 0 bridgehead atoms. The summed E-state index contributed by atoms with van der Waals surface area (Å²) in [5.74, 6) is 0.185.